The zero-order valence-corrected chi connectivity index (χ0v) is 41.1. The molecule has 360 valence electrons. The molecule has 0 heterocycles. The lowest BCUT2D eigenvalue weighted by Gasteiger charge is -2.18. The number of unbranched alkanes of at least 4 members (excludes halogenated alkanes) is 24. The molecule has 0 amide bonds. The lowest BCUT2D eigenvalue weighted by molar-refractivity contribution is -0.166. The summed E-state index contributed by atoms with van der Waals surface area (Å²) in [6.45, 7) is 6.50. The first-order chi connectivity index (χ1) is 31.0. The first-order valence-electron chi connectivity index (χ1n) is 26.1. The molecule has 0 spiro atoms. The number of esters is 3. The molecule has 1 atom stereocenters. The first-order valence-corrected chi connectivity index (χ1v) is 26.1. The summed E-state index contributed by atoms with van der Waals surface area (Å²) < 4.78 is 16.7. The summed E-state index contributed by atoms with van der Waals surface area (Å²) in [5.41, 5.74) is 0. The molecule has 63 heavy (non-hydrogen) atoms. The molecule has 0 aliphatic heterocycles. The summed E-state index contributed by atoms with van der Waals surface area (Å²) in [6, 6.07) is 0. The van der Waals surface area contributed by atoms with Crippen LogP contribution in [0.3, 0.4) is 0 Å². The second kappa shape index (κ2) is 51.2. The van der Waals surface area contributed by atoms with Crippen LogP contribution < -0.4 is 0 Å². The minimum absolute atomic E-state index is 0.112. The van der Waals surface area contributed by atoms with Crippen molar-refractivity contribution in [3.05, 3.63) is 85.1 Å². The Balaban J connectivity index is 4.51. The molecule has 6 nitrogen and oxygen atoms in total. The first kappa shape index (κ1) is 59.6. The van der Waals surface area contributed by atoms with Crippen molar-refractivity contribution >= 4 is 17.9 Å². The van der Waals surface area contributed by atoms with Crippen molar-refractivity contribution in [2.75, 3.05) is 13.2 Å². The molecule has 0 fully saturated rings. The van der Waals surface area contributed by atoms with Gasteiger partial charge in [-0.1, -0.05) is 215 Å². The molecule has 0 saturated heterocycles. The molecular formula is C57H96O6. The lowest BCUT2D eigenvalue weighted by Crippen LogP contribution is -2.30. The number of rotatable bonds is 46. The number of hydrogen-bond donors (Lipinski definition) is 0. The van der Waals surface area contributed by atoms with E-state index in [1.165, 1.54) is 103 Å². The Labute approximate surface area is 388 Å². The summed E-state index contributed by atoms with van der Waals surface area (Å²) >= 11 is 0. The van der Waals surface area contributed by atoms with Gasteiger partial charge in [0, 0.05) is 19.3 Å². The number of allylic oxidation sites excluding steroid dienone is 14. The van der Waals surface area contributed by atoms with E-state index in [0.29, 0.717) is 19.3 Å². The van der Waals surface area contributed by atoms with Crippen LogP contribution >= 0.6 is 0 Å². The molecule has 0 N–H and O–H groups in total. The van der Waals surface area contributed by atoms with Gasteiger partial charge in [0.25, 0.3) is 0 Å². The van der Waals surface area contributed by atoms with E-state index in [4.69, 9.17) is 14.2 Å². The van der Waals surface area contributed by atoms with Crippen molar-refractivity contribution < 1.29 is 28.6 Å². The largest absolute Gasteiger partial charge is 0.462 e. The number of hydrogen-bond acceptors (Lipinski definition) is 6. The smallest absolute Gasteiger partial charge is 0.306 e. The van der Waals surface area contributed by atoms with E-state index in [9.17, 15) is 14.4 Å². The zero-order valence-electron chi connectivity index (χ0n) is 41.1. The molecule has 1 unspecified atom stereocenters. The third-order valence-corrected chi connectivity index (χ3v) is 10.9. The molecule has 0 bridgehead atoms. The van der Waals surface area contributed by atoms with Crippen molar-refractivity contribution in [1.29, 1.82) is 0 Å². The van der Waals surface area contributed by atoms with Gasteiger partial charge in [0.1, 0.15) is 13.2 Å². The van der Waals surface area contributed by atoms with Crippen LogP contribution in [0.2, 0.25) is 0 Å². The highest BCUT2D eigenvalue weighted by Gasteiger charge is 2.19. The van der Waals surface area contributed by atoms with Gasteiger partial charge < -0.3 is 14.2 Å². The van der Waals surface area contributed by atoms with Gasteiger partial charge in [-0.15, -0.1) is 0 Å². The van der Waals surface area contributed by atoms with Gasteiger partial charge in [0.05, 0.1) is 0 Å². The van der Waals surface area contributed by atoms with Crippen LogP contribution in [-0.2, 0) is 28.6 Å². The fourth-order valence-electron chi connectivity index (χ4n) is 6.97. The van der Waals surface area contributed by atoms with Crippen molar-refractivity contribution in [3.8, 4) is 0 Å². The molecule has 0 aliphatic carbocycles. The molecule has 0 rings (SSSR count). The van der Waals surface area contributed by atoms with Gasteiger partial charge in [-0.3, -0.25) is 14.4 Å². The van der Waals surface area contributed by atoms with Crippen LogP contribution in [0.5, 0.6) is 0 Å². The van der Waals surface area contributed by atoms with Crippen molar-refractivity contribution in [1.82, 2.24) is 0 Å². The van der Waals surface area contributed by atoms with Gasteiger partial charge >= 0.3 is 17.9 Å². The monoisotopic (exact) mass is 877 g/mol. The fourth-order valence-corrected chi connectivity index (χ4v) is 6.97. The van der Waals surface area contributed by atoms with Gasteiger partial charge in [-0.05, 0) is 89.9 Å². The van der Waals surface area contributed by atoms with E-state index < -0.39 is 6.10 Å². The minimum Gasteiger partial charge on any atom is -0.462 e. The van der Waals surface area contributed by atoms with Crippen LogP contribution in [0.15, 0.2) is 85.1 Å². The molecule has 0 aromatic heterocycles. The average molecular weight is 877 g/mol. The van der Waals surface area contributed by atoms with E-state index in [-0.39, 0.29) is 37.5 Å². The molecule has 0 aliphatic rings. The highest BCUT2D eigenvalue weighted by atomic mass is 16.6. The summed E-state index contributed by atoms with van der Waals surface area (Å²) in [7, 11) is 0. The number of carbonyl (C=O) groups is 3. The standard InChI is InChI=1S/C57H96O6/c1-4-7-10-13-16-19-22-25-27-28-29-30-33-35-38-41-44-47-50-56(59)62-53-54(52-61-55(58)49-46-43-40-37-34-31-24-21-18-15-12-9-6-3)63-57(60)51-48-45-42-39-36-32-26-23-20-17-14-11-8-5-2/h16,19,22,25,27-32,34,36,40,43,54H,4-15,17-18,20-21,23-24,26,33,35,37-39,41-42,44-53H2,1-3H3/b19-16+,25-22+,28-27+,30-29+,34-31+,36-32+,43-40+. The van der Waals surface area contributed by atoms with Gasteiger partial charge in [-0.25, -0.2) is 0 Å². The highest BCUT2D eigenvalue weighted by molar-refractivity contribution is 5.71. The fraction of sp³-hybridized carbons (Fsp3) is 0.702. The van der Waals surface area contributed by atoms with Gasteiger partial charge in [0.15, 0.2) is 6.10 Å². The highest BCUT2D eigenvalue weighted by Crippen LogP contribution is 2.13. The Morgan fingerprint density at radius 1 is 0.333 bits per heavy atom. The molecule has 0 aromatic carbocycles. The second-order valence-corrected chi connectivity index (χ2v) is 17.2. The topological polar surface area (TPSA) is 78.9 Å². The summed E-state index contributed by atoms with van der Waals surface area (Å²) in [6.07, 6.45) is 65.7. The van der Waals surface area contributed by atoms with Crippen LogP contribution in [-0.4, -0.2) is 37.2 Å². The zero-order chi connectivity index (χ0) is 45.8. The Morgan fingerprint density at radius 2 is 0.667 bits per heavy atom. The van der Waals surface area contributed by atoms with Crippen LogP contribution in [0, 0.1) is 0 Å². The van der Waals surface area contributed by atoms with Crippen LogP contribution in [0.1, 0.15) is 239 Å². The lowest BCUT2D eigenvalue weighted by atomic mass is 10.1. The maximum atomic E-state index is 12.8. The predicted octanol–water partition coefficient (Wildman–Crippen LogP) is 17.2. The SMILES string of the molecule is CCCCC/C=C/C=C/C=C/C=C/CCCCCCCC(=O)OCC(COC(=O)CC/C=C/C/C=C/CCCCCCCC)OC(=O)CCCCC/C=C/CCCCCCCCC. The van der Waals surface area contributed by atoms with Crippen LogP contribution in [0.4, 0.5) is 0 Å². The van der Waals surface area contributed by atoms with E-state index >= 15 is 0 Å². The summed E-state index contributed by atoms with van der Waals surface area (Å²) in [4.78, 5) is 37.9. The Hall–Kier alpha value is -3.41. The average Bonchev–Trinajstić information content (AvgIpc) is 3.28. The quantitative estimate of drug-likeness (QED) is 0.0199. The molecule has 0 aromatic rings. The molecule has 0 radical (unpaired) electrons. The minimum atomic E-state index is -0.816. The van der Waals surface area contributed by atoms with E-state index in [0.717, 1.165) is 89.9 Å². The summed E-state index contributed by atoms with van der Waals surface area (Å²) in [5, 5.41) is 0. The van der Waals surface area contributed by atoms with Gasteiger partial charge in [0.2, 0.25) is 0 Å². The third kappa shape index (κ3) is 49.5. The molecular weight excluding hydrogens is 781 g/mol. The maximum absolute atomic E-state index is 12.8. The third-order valence-electron chi connectivity index (χ3n) is 10.9. The van der Waals surface area contributed by atoms with E-state index in [2.05, 4.69) is 99.8 Å². The number of carbonyl (C=O) groups excluding carboxylic acids is 3. The number of ether oxygens (including phenoxy) is 3. The second-order valence-electron chi connectivity index (χ2n) is 17.2. The normalized spacial score (nSPS) is 12.7. The van der Waals surface area contributed by atoms with Crippen molar-refractivity contribution in [2.45, 2.75) is 245 Å². The van der Waals surface area contributed by atoms with Crippen molar-refractivity contribution in [3.63, 3.8) is 0 Å². The van der Waals surface area contributed by atoms with Crippen molar-refractivity contribution in [2.24, 2.45) is 0 Å². The Kier molecular flexibility index (Phi) is 48.5. The van der Waals surface area contributed by atoms with Crippen LogP contribution in [0.25, 0.3) is 0 Å². The maximum Gasteiger partial charge on any atom is 0.306 e. The Bertz CT molecular complexity index is 1240. The van der Waals surface area contributed by atoms with E-state index in [1.807, 2.05) is 6.08 Å². The predicted molar refractivity (Wildman–Crippen MR) is 270 cm³/mol. The Morgan fingerprint density at radius 3 is 1.17 bits per heavy atom. The van der Waals surface area contributed by atoms with E-state index in [1.54, 1.807) is 0 Å². The summed E-state index contributed by atoms with van der Waals surface area (Å²) in [5.74, 6) is -1.02. The molecule has 6 heteroatoms. The van der Waals surface area contributed by atoms with Gasteiger partial charge in [-0.2, -0.15) is 0 Å². The molecule has 0 saturated carbocycles.